The van der Waals surface area contributed by atoms with Crippen LogP contribution in [-0.4, -0.2) is 39.2 Å². The second-order valence-electron chi connectivity index (χ2n) is 8.47. The lowest BCUT2D eigenvalue weighted by Gasteiger charge is -2.29. The van der Waals surface area contributed by atoms with Crippen molar-refractivity contribution in [2.45, 2.75) is 44.9 Å². The molecule has 5 rings (SSSR count). The van der Waals surface area contributed by atoms with Crippen LogP contribution in [-0.2, 0) is 6.42 Å². The number of amides is 1. The zero-order valence-electron chi connectivity index (χ0n) is 18.0. The molecule has 9 heteroatoms. The highest BCUT2D eigenvalue weighted by atomic mass is 32.1. The number of carbonyl (C=O) groups excluding carboxylic acids is 1. The van der Waals surface area contributed by atoms with Crippen LogP contribution in [0.3, 0.4) is 0 Å². The Kier molecular flexibility index (Phi) is 5.73. The molecular weight excluding hydrogens is 424 g/mol. The summed E-state index contributed by atoms with van der Waals surface area (Å²) in [6.45, 7) is 2.80. The molecule has 2 aliphatic rings. The summed E-state index contributed by atoms with van der Waals surface area (Å²) in [5.41, 5.74) is 8.34. The Hall–Kier alpha value is -3.07. The van der Waals surface area contributed by atoms with Gasteiger partial charge in [-0.15, -0.1) is 21.5 Å². The number of ether oxygens (including phenoxy) is 1. The van der Waals surface area contributed by atoms with Crippen LogP contribution in [0.5, 0.6) is 5.88 Å². The van der Waals surface area contributed by atoms with E-state index in [9.17, 15) is 4.79 Å². The lowest BCUT2D eigenvalue weighted by molar-refractivity contribution is 0.0990. The van der Waals surface area contributed by atoms with Crippen LogP contribution >= 0.6 is 11.3 Å². The van der Waals surface area contributed by atoms with Gasteiger partial charge in [-0.05, 0) is 62.1 Å². The van der Waals surface area contributed by atoms with Gasteiger partial charge >= 0.3 is 0 Å². The number of fused-ring (bicyclic) bond motifs is 1. The fourth-order valence-electron chi connectivity index (χ4n) is 4.70. The molecule has 166 valence electrons. The van der Waals surface area contributed by atoms with E-state index < -0.39 is 0 Å². The van der Waals surface area contributed by atoms with E-state index in [4.69, 9.17) is 10.5 Å². The van der Waals surface area contributed by atoms with Crippen molar-refractivity contribution in [3.05, 3.63) is 51.7 Å². The van der Waals surface area contributed by atoms with Gasteiger partial charge in [-0.3, -0.25) is 4.79 Å². The van der Waals surface area contributed by atoms with Crippen molar-refractivity contribution in [1.82, 2.24) is 20.2 Å². The smallest absolute Gasteiger partial charge is 0.267 e. The van der Waals surface area contributed by atoms with Crippen molar-refractivity contribution >= 4 is 28.7 Å². The molecule has 1 saturated carbocycles. The number of nitrogens with zero attached hydrogens (tertiary/aromatic N) is 5. The Bertz CT molecular complexity index is 1110. The van der Waals surface area contributed by atoms with Gasteiger partial charge in [0.15, 0.2) is 0 Å². The maximum atomic E-state index is 13.1. The van der Waals surface area contributed by atoms with Crippen LogP contribution in [0.4, 0.5) is 11.5 Å². The average molecular weight is 451 g/mol. The third kappa shape index (κ3) is 4.17. The Labute approximate surface area is 190 Å². The monoisotopic (exact) mass is 450 g/mol. The predicted molar refractivity (Wildman–Crippen MR) is 123 cm³/mol. The van der Waals surface area contributed by atoms with E-state index in [1.807, 2.05) is 19.1 Å². The molecule has 8 nitrogen and oxygen atoms in total. The maximum Gasteiger partial charge on any atom is 0.267 e. The molecule has 1 aliphatic heterocycles. The molecule has 2 aromatic heterocycles. The molecule has 3 aromatic rings. The number of anilines is 2. The van der Waals surface area contributed by atoms with E-state index in [1.165, 1.54) is 37.6 Å². The number of carbonyl (C=O) groups is 1. The first-order valence-electron chi connectivity index (χ1n) is 11.0. The largest absolute Gasteiger partial charge is 0.475 e. The highest BCUT2D eigenvalue weighted by molar-refractivity contribution is 7.11. The van der Waals surface area contributed by atoms with Crippen LogP contribution < -0.4 is 15.4 Å². The minimum absolute atomic E-state index is 0.143. The van der Waals surface area contributed by atoms with E-state index in [2.05, 4.69) is 32.3 Å². The first kappa shape index (κ1) is 20.8. The van der Waals surface area contributed by atoms with Gasteiger partial charge in [0, 0.05) is 12.1 Å². The van der Waals surface area contributed by atoms with Gasteiger partial charge in [0.2, 0.25) is 5.88 Å². The standard InChI is InChI=1S/C23H26N6O2S/c1-14-27-28-19(32-14)12-15-2-4-16(5-3-15)17-6-8-18(9-7-17)29-10-11-31-22-20(23(29)30)21(24)25-13-26-22/h6-9,13,15-16H,2-5,10-12H2,1H3,(H2,24,25,26)/t15-,16-. The second-order valence-corrected chi connectivity index (χ2v) is 9.74. The zero-order valence-corrected chi connectivity index (χ0v) is 18.8. The highest BCUT2D eigenvalue weighted by Crippen LogP contribution is 2.38. The lowest BCUT2D eigenvalue weighted by atomic mass is 9.77. The molecule has 32 heavy (non-hydrogen) atoms. The molecule has 1 aliphatic carbocycles. The van der Waals surface area contributed by atoms with Crippen LogP contribution in [0.1, 0.15) is 57.5 Å². The van der Waals surface area contributed by atoms with E-state index in [0.29, 0.717) is 25.0 Å². The zero-order chi connectivity index (χ0) is 22.1. The number of nitrogen functional groups attached to an aromatic ring is 1. The van der Waals surface area contributed by atoms with Crippen molar-refractivity contribution in [2.75, 3.05) is 23.8 Å². The van der Waals surface area contributed by atoms with Gasteiger partial charge in [-0.2, -0.15) is 0 Å². The molecule has 0 unspecified atom stereocenters. The first-order valence-corrected chi connectivity index (χ1v) is 11.8. The summed E-state index contributed by atoms with van der Waals surface area (Å²) in [5.74, 6) is 1.42. The second kappa shape index (κ2) is 8.82. The Morgan fingerprint density at radius 1 is 1.12 bits per heavy atom. The third-order valence-electron chi connectivity index (χ3n) is 6.41. The summed E-state index contributed by atoms with van der Waals surface area (Å²) in [4.78, 5) is 22.8. The van der Waals surface area contributed by atoms with Crippen molar-refractivity contribution in [3.8, 4) is 5.88 Å². The lowest BCUT2D eigenvalue weighted by Crippen LogP contribution is -2.32. The van der Waals surface area contributed by atoms with E-state index in [-0.39, 0.29) is 23.2 Å². The predicted octanol–water partition coefficient (Wildman–Crippen LogP) is 3.77. The molecule has 3 heterocycles. The Balaban J connectivity index is 1.25. The molecule has 1 fully saturated rings. The minimum atomic E-state index is -0.226. The van der Waals surface area contributed by atoms with Gasteiger partial charge in [0.25, 0.3) is 5.91 Å². The summed E-state index contributed by atoms with van der Waals surface area (Å²) in [6.07, 6.45) is 7.14. The molecular formula is C23H26N6O2S. The molecule has 2 N–H and O–H groups in total. The SMILES string of the molecule is Cc1nnc(C[C@H]2CC[C@H](c3ccc(N4CCOc5ncnc(N)c5C4=O)cc3)CC2)s1. The highest BCUT2D eigenvalue weighted by Gasteiger charge is 2.29. The van der Waals surface area contributed by atoms with Gasteiger partial charge in [-0.1, -0.05) is 12.1 Å². The van der Waals surface area contributed by atoms with E-state index in [1.54, 1.807) is 16.2 Å². The van der Waals surface area contributed by atoms with Crippen LogP contribution in [0.2, 0.25) is 0 Å². The van der Waals surface area contributed by atoms with Gasteiger partial charge < -0.3 is 15.4 Å². The fraction of sp³-hybridized carbons (Fsp3) is 0.435. The van der Waals surface area contributed by atoms with Crippen LogP contribution in [0.25, 0.3) is 0 Å². The quantitative estimate of drug-likeness (QED) is 0.644. The number of aromatic nitrogens is 4. The average Bonchev–Trinajstić information content (AvgIpc) is 3.13. The summed E-state index contributed by atoms with van der Waals surface area (Å²) in [5, 5.41) is 10.6. The first-order chi connectivity index (χ1) is 15.6. The molecule has 0 radical (unpaired) electrons. The molecule has 0 bridgehead atoms. The number of hydrogen-bond donors (Lipinski definition) is 1. The Morgan fingerprint density at radius 3 is 2.62 bits per heavy atom. The van der Waals surface area contributed by atoms with Gasteiger partial charge in [-0.25, -0.2) is 9.97 Å². The van der Waals surface area contributed by atoms with Gasteiger partial charge in [0.1, 0.15) is 34.3 Å². The van der Waals surface area contributed by atoms with Crippen molar-refractivity contribution < 1.29 is 9.53 Å². The molecule has 0 atom stereocenters. The van der Waals surface area contributed by atoms with Crippen LogP contribution in [0.15, 0.2) is 30.6 Å². The van der Waals surface area contributed by atoms with Crippen LogP contribution in [0, 0.1) is 12.8 Å². The number of rotatable bonds is 4. The van der Waals surface area contributed by atoms with E-state index in [0.717, 1.165) is 22.1 Å². The molecule has 1 aromatic carbocycles. The summed E-state index contributed by atoms with van der Waals surface area (Å²) in [6, 6.07) is 8.35. The normalized spacial score (nSPS) is 21.0. The minimum Gasteiger partial charge on any atom is -0.475 e. The summed E-state index contributed by atoms with van der Waals surface area (Å²) < 4.78 is 5.62. The number of hydrogen-bond acceptors (Lipinski definition) is 8. The molecule has 0 saturated heterocycles. The van der Waals surface area contributed by atoms with Crippen molar-refractivity contribution in [2.24, 2.45) is 5.92 Å². The number of aryl methyl sites for hydroxylation is 1. The summed E-state index contributed by atoms with van der Waals surface area (Å²) >= 11 is 1.71. The molecule has 0 spiro atoms. The van der Waals surface area contributed by atoms with Crippen molar-refractivity contribution in [1.29, 1.82) is 0 Å². The third-order valence-corrected chi connectivity index (χ3v) is 7.27. The van der Waals surface area contributed by atoms with E-state index >= 15 is 0 Å². The maximum absolute atomic E-state index is 13.1. The molecule has 1 amide bonds. The fourth-order valence-corrected chi connectivity index (χ4v) is 5.53. The summed E-state index contributed by atoms with van der Waals surface area (Å²) in [7, 11) is 0. The van der Waals surface area contributed by atoms with Gasteiger partial charge in [0.05, 0.1) is 6.54 Å². The number of benzene rings is 1. The van der Waals surface area contributed by atoms with Crippen molar-refractivity contribution in [3.63, 3.8) is 0 Å². The topological polar surface area (TPSA) is 107 Å². The Morgan fingerprint density at radius 2 is 1.91 bits per heavy atom. The number of nitrogens with two attached hydrogens (primary N) is 1.